The molecule has 0 amide bonds. The maximum absolute atomic E-state index is 14.6. The van der Waals surface area contributed by atoms with Crippen LogP contribution in [0.25, 0.3) is 22.3 Å². The fraction of sp³-hybridized carbons (Fsp3) is 0.304. The van der Waals surface area contributed by atoms with Crippen molar-refractivity contribution in [2.24, 2.45) is 7.05 Å². The summed E-state index contributed by atoms with van der Waals surface area (Å²) in [6.45, 7) is 7.29. The number of aromatic nitrogens is 5. The number of piperazine rings is 1. The molecule has 9 nitrogen and oxygen atoms in total. The third-order valence-electron chi connectivity index (χ3n) is 6.14. The predicted molar refractivity (Wildman–Crippen MR) is 126 cm³/mol. The highest BCUT2D eigenvalue weighted by Crippen LogP contribution is 2.27. The van der Waals surface area contributed by atoms with E-state index in [-0.39, 0.29) is 17.2 Å². The second-order valence-electron chi connectivity index (χ2n) is 8.03. The first-order valence-corrected chi connectivity index (χ1v) is 10.9. The zero-order valence-electron chi connectivity index (χ0n) is 18.5. The first-order chi connectivity index (χ1) is 16.0. The summed E-state index contributed by atoms with van der Waals surface area (Å²) >= 11 is 0. The number of aryl methyl sites for hydroxylation is 1. The summed E-state index contributed by atoms with van der Waals surface area (Å²) in [6.07, 6.45) is 4.51. The van der Waals surface area contributed by atoms with Gasteiger partial charge in [0.05, 0.1) is 34.7 Å². The van der Waals surface area contributed by atoms with Gasteiger partial charge >= 0.3 is 0 Å². The van der Waals surface area contributed by atoms with Crippen molar-refractivity contribution >= 4 is 28.4 Å². The minimum absolute atomic E-state index is 0.107. The second-order valence-corrected chi connectivity index (χ2v) is 8.03. The first-order valence-electron chi connectivity index (χ1n) is 10.9. The van der Waals surface area contributed by atoms with Crippen LogP contribution in [0, 0.1) is 5.82 Å². The van der Waals surface area contributed by atoms with Gasteiger partial charge in [-0.05, 0) is 30.8 Å². The Balaban J connectivity index is 1.38. The van der Waals surface area contributed by atoms with Crippen LogP contribution >= 0.6 is 0 Å². The van der Waals surface area contributed by atoms with E-state index in [4.69, 9.17) is 0 Å². The topological polar surface area (TPSA) is 95.0 Å². The molecular weight excluding hydrogens is 423 g/mol. The van der Waals surface area contributed by atoms with E-state index in [1.807, 2.05) is 18.3 Å². The summed E-state index contributed by atoms with van der Waals surface area (Å²) < 4.78 is 16.4. The van der Waals surface area contributed by atoms with Crippen LogP contribution in [0.15, 0.2) is 47.7 Å². The zero-order chi connectivity index (χ0) is 22.9. The number of fused-ring (bicyclic) bond motifs is 1. The van der Waals surface area contributed by atoms with Crippen molar-refractivity contribution in [1.29, 1.82) is 0 Å². The minimum atomic E-state index is -0.572. The summed E-state index contributed by atoms with van der Waals surface area (Å²) in [5.74, 6) is 0.219. The lowest BCUT2D eigenvalue weighted by atomic mass is 10.2. The van der Waals surface area contributed by atoms with E-state index in [9.17, 15) is 9.18 Å². The molecule has 4 aromatic heterocycles. The Hall–Kier alpha value is -3.79. The number of likely N-dealkylation sites (N-methyl/N-ethyl adjacent to an activating group) is 1. The van der Waals surface area contributed by atoms with Crippen molar-refractivity contribution < 1.29 is 4.39 Å². The molecule has 0 aliphatic carbocycles. The number of hydrogen-bond acceptors (Lipinski definition) is 7. The molecule has 1 aliphatic heterocycles. The molecule has 10 heteroatoms. The number of aromatic amines is 1. The summed E-state index contributed by atoms with van der Waals surface area (Å²) in [7, 11) is 1.77. The maximum Gasteiger partial charge on any atom is 0.257 e. The number of halogens is 1. The van der Waals surface area contributed by atoms with Crippen molar-refractivity contribution in [2.45, 2.75) is 6.92 Å². The summed E-state index contributed by atoms with van der Waals surface area (Å²) in [5, 5.41) is 3.52. The number of pyridine rings is 2. The monoisotopic (exact) mass is 448 g/mol. The largest absolute Gasteiger partial charge is 0.368 e. The van der Waals surface area contributed by atoms with Crippen LogP contribution in [0.3, 0.4) is 0 Å². The van der Waals surface area contributed by atoms with E-state index < -0.39 is 5.82 Å². The highest BCUT2D eigenvalue weighted by Gasteiger charge is 2.18. The lowest BCUT2D eigenvalue weighted by molar-refractivity contribution is 0.271. The molecule has 1 saturated heterocycles. The normalized spacial score (nSPS) is 14.7. The number of nitrogens with zero attached hydrogens (tertiary/aromatic N) is 6. The van der Waals surface area contributed by atoms with Crippen molar-refractivity contribution in [2.75, 3.05) is 42.9 Å². The molecule has 0 radical (unpaired) electrons. The third-order valence-corrected chi connectivity index (χ3v) is 6.14. The molecule has 4 aromatic rings. The molecule has 170 valence electrons. The van der Waals surface area contributed by atoms with Gasteiger partial charge in [0.2, 0.25) is 5.95 Å². The van der Waals surface area contributed by atoms with E-state index in [1.54, 1.807) is 29.9 Å². The predicted octanol–water partition coefficient (Wildman–Crippen LogP) is 2.74. The molecule has 1 fully saturated rings. The Morgan fingerprint density at radius 1 is 1.12 bits per heavy atom. The zero-order valence-corrected chi connectivity index (χ0v) is 18.5. The average Bonchev–Trinajstić information content (AvgIpc) is 3.18. The number of anilines is 3. The van der Waals surface area contributed by atoms with Gasteiger partial charge in [-0.2, -0.15) is 0 Å². The number of hydrogen-bond donors (Lipinski definition) is 2. The molecule has 0 aromatic carbocycles. The van der Waals surface area contributed by atoms with E-state index in [0.29, 0.717) is 22.4 Å². The lowest BCUT2D eigenvalue weighted by Gasteiger charge is -2.35. The standard InChI is InChI=1S/C23H25FN8O/c1-3-31-8-10-32(11-9-31)15-4-5-20(26-13-15)28-23-27-14-17(24)21(29-23)19-12-16-18(30(19)2)6-7-25-22(16)33/h4-7,12-14H,3,8-11H2,1-2H3,(H,25,33)(H,26,27,28,29). The highest BCUT2D eigenvalue weighted by atomic mass is 19.1. The van der Waals surface area contributed by atoms with Gasteiger partial charge in [-0.25, -0.2) is 19.3 Å². The highest BCUT2D eigenvalue weighted by molar-refractivity contribution is 5.85. The summed E-state index contributed by atoms with van der Waals surface area (Å²) in [4.78, 5) is 32.4. The molecule has 0 bridgehead atoms. The maximum atomic E-state index is 14.6. The van der Waals surface area contributed by atoms with Gasteiger partial charge in [0.25, 0.3) is 5.56 Å². The number of nitrogens with one attached hydrogen (secondary N) is 2. The van der Waals surface area contributed by atoms with E-state index >= 15 is 0 Å². The quantitative estimate of drug-likeness (QED) is 0.485. The fourth-order valence-corrected chi connectivity index (χ4v) is 4.19. The molecule has 0 atom stereocenters. The molecular formula is C23H25FN8O. The SMILES string of the molecule is CCN1CCN(c2ccc(Nc3ncc(F)c(-c4cc5c(=O)[nH]ccc5n4C)n3)nc2)CC1. The van der Waals surface area contributed by atoms with Crippen LogP contribution in [-0.2, 0) is 7.05 Å². The number of rotatable bonds is 5. The van der Waals surface area contributed by atoms with Gasteiger partial charge in [0, 0.05) is 39.4 Å². The van der Waals surface area contributed by atoms with Crippen LogP contribution in [-0.4, -0.2) is 62.1 Å². The van der Waals surface area contributed by atoms with Crippen LogP contribution in [0.4, 0.5) is 21.8 Å². The first kappa shape index (κ1) is 21.1. The average molecular weight is 449 g/mol. The Labute approximate surface area is 189 Å². The Kier molecular flexibility index (Phi) is 5.51. The Morgan fingerprint density at radius 2 is 1.94 bits per heavy atom. The minimum Gasteiger partial charge on any atom is -0.368 e. The van der Waals surface area contributed by atoms with E-state index in [0.717, 1.165) is 44.6 Å². The molecule has 5 heterocycles. The number of H-pyrrole nitrogens is 1. The fourth-order valence-electron chi connectivity index (χ4n) is 4.19. The third kappa shape index (κ3) is 4.05. The molecule has 1 aliphatic rings. The second kappa shape index (κ2) is 8.62. The van der Waals surface area contributed by atoms with Crippen molar-refractivity contribution in [3.8, 4) is 11.4 Å². The molecule has 5 rings (SSSR count). The van der Waals surface area contributed by atoms with Crippen LogP contribution in [0.2, 0.25) is 0 Å². The van der Waals surface area contributed by atoms with Gasteiger partial charge < -0.3 is 24.7 Å². The summed E-state index contributed by atoms with van der Waals surface area (Å²) in [5.41, 5.74) is 2.12. The van der Waals surface area contributed by atoms with E-state index in [1.165, 1.54) is 0 Å². The van der Waals surface area contributed by atoms with Crippen LogP contribution in [0.5, 0.6) is 0 Å². The van der Waals surface area contributed by atoms with Gasteiger partial charge in [0.15, 0.2) is 5.82 Å². The van der Waals surface area contributed by atoms with Gasteiger partial charge in [0.1, 0.15) is 11.5 Å². The Bertz CT molecular complexity index is 1340. The van der Waals surface area contributed by atoms with Crippen molar-refractivity contribution in [3.63, 3.8) is 0 Å². The van der Waals surface area contributed by atoms with Gasteiger partial charge in [-0.1, -0.05) is 6.92 Å². The van der Waals surface area contributed by atoms with Crippen LogP contribution < -0.4 is 15.8 Å². The molecule has 0 spiro atoms. The van der Waals surface area contributed by atoms with E-state index in [2.05, 4.69) is 42.0 Å². The van der Waals surface area contributed by atoms with Crippen molar-refractivity contribution in [1.82, 2.24) is 29.4 Å². The molecule has 0 saturated carbocycles. The molecule has 2 N–H and O–H groups in total. The lowest BCUT2D eigenvalue weighted by Crippen LogP contribution is -2.46. The molecule has 33 heavy (non-hydrogen) atoms. The van der Waals surface area contributed by atoms with Gasteiger partial charge in [-0.15, -0.1) is 0 Å². The molecule has 0 unspecified atom stereocenters. The van der Waals surface area contributed by atoms with Crippen LogP contribution in [0.1, 0.15) is 6.92 Å². The van der Waals surface area contributed by atoms with Gasteiger partial charge in [-0.3, -0.25) is 4.79 Å². The summed E-state index contributed by atoms with van der Waals surface area (Å²) in [6, 6.07) is 7.28. The Morgan fingerprint density at radius 3 is 2.64 bits per heavy atom. The smallest absolute Gasteiger partial charge is 0.257 e. The van der Waals surface area contributed by atoms with Crippen molar-refractivity contribution in [3.05, 3.63) is 59.0 Å².